The highest BCUT2D eigenvalue weighted by atomic mass is 16.5. The molecule has 1 atom stereocenters. The molecule has 1 unspecified atom stereocenters. The summed E-state index contributed by atoms with van der Waals surface area (Å²) >= 11 is 0. The Morgan fingerprint density at radius 3 is 2.82 bits per heavy atom. The summed E-state index contributed by atoms with van der Waals surface area (Å²) in [6.45, 7) is 4.20. The number of amides is 1. The minimum absolute atomic E-state index is 0.0382. The number of methoxy groups -OCH3 is 1. The van der Waals surface area contributed by atoms with Crippen molar-refractivity contribution in [1.29, 1.82) is 0 Å². The molecule has 3 heteroatoms. The van der Waals surface area contributed by atoms with Gasteiger partial charge in [-0.3, -0.25) is 4.79 Å². The first-order valence-corrected chi connectivity index (χ1v) is 7.67. The Morgan fingerprint density at radius 2 is 2.05 bits per heavy atom. The SMILES string of the molecule is COc1cccc(C(=O)N2c3ccc(C)cc3CCC2C)c1. The second kappa shape index (κ2) is 5.84. The lowest BCUT2D eigenvalue weighted by Gasteiger charge is -2.35. The molecule has 3 rings (SSSR count). The van der Waals surface area contributed by atoms with E-state index < -0.39 is 0 Å². The van der Waals surface area contributed by atoms with Crippen molar-refractivity contribution in [3.05, 3.63) is 59.2 Å². The van der Waals surface area contributed by atoms with E-state index in [4.69, 9.17) is 4.74 Å². The van der Waals surface area contributed by atoms with Crippen LogP contribution in [0.25, 0.3) is 0 Å². The highest BCUT2D eigenvalue weighted by molar-refractivity contribution is 6.07. The fraction of sp³-hybridized carbons (Fsp3) is 0.316. The Kier molecular flexibility index (Phi) is 3.88. The lowest BCUT2D eigenvalue weighted by atomic mass is 9.94. The molecule has 0 spiro atoms. The summed E-state index contributed by atoms with van der Waals surface area (Å²) in [6, 6.07) is 13.9. The second-order valence-electron chi connectivity index (χ2n) is 5.93. The largest absolute Gasteiger partial charge is 0.497 e. The number of benzene rings is 2. The maximum Gasteiger partial charge on any atom is 0.258 e. The van der Waals surface area contributed by atoms with Crippen LogP contribution in [-0.4, -0.2) is 19.1 Å². The molecule has 0 fully saturated rings. The molecule has 114 valence electrons. The molecular formula is C19H21NO2. The first kappa shape index (κ1) is 14.6. The van der Waals surface area contributed by atoms with Gasteiger partial charge in [0.25, 0.3) is 5.91 Å². The number of hydrogen-bond donors (Lipinski definition) is 0. The van der Waals surface area contributed by atoms with Crippen molar-refractivity contribution in [2.75, 3.05) is 12.0 Å². The fourth-order valence-electron chi connectivity index (χ4n) is 3.09. The van der Waals surface area contributed by atoms with E-state index >= 15 is 0 Å². The van der Waals surface area contributed by atoms with Crippen molar-refractivity contribution < 1.29 is 9.53 Å². The van der Waals surface area contributed by atoms with Gasteiger partial charge in [-0.05, 0) is 56.5 Å². The number of aryl methyl sites for hydroxylation is 2. The zero-order valence-corrected chi connectivity index (χ0v) is 13.3. The van der Waals surface area contributed by atoms with Gasteiger partial charge in [0.2, 0.25) is 0 Å². The van der Waals surface area contributed by atoms with Gasteiger partial charge in [-0.25, -0.2) is 0 Å². The predicted molar refractivity (Wildman–Crippen MR) is 88.8 cm³/mol. The predicted octanol–water partition coefficient (Wildman–Crippen LogP) is 3.99. The van der Waals surface area contributed by atoms with Gasteiger partial charge in [0.15, 0.2) is 0 Å². The summed E-state index contributed by atoms with van der Waals surface area (Å²) < 4.78 is 5.23. The molecule has 0 radical (unpaired) electrons. The molecular weight excluding hydrogens is 274 g/mol. The Bertz CT molecular complexity index is 708. The molecule has 3 nitrogen and oxygen atoms in total. The molecule has 2 aromatic rings. The molecule has 0 saturated carbocycles. The molecule has 0 saturated heterocycles. The van der Waals surface area contributed by atoms with E-state index in [0.29, 0.717) is 11.3 Å². The lowest BCUT2D eigenvalue weighted by molar-refractivity contribution is 0.0975. The van der Waals surface area contributed by atoms with Crippen LogP contribution in [0.3, 0.4) is 0 Å². The lowest BCUT2D eigenvalue weighted by Crippen LogP contribution is -2.42. The number of anilines is 1. The smallest absolute Gasteiger partial charge is 0.258 e. The highest BCUT2D eigenvalue weighted by Gasteiger charge is 2.29. The Hall–Kier alpha value is -2.29. The Morgan fingerprint density at radius 1 is 1.23 bits per heavy atom. The molecule has 1 amide bonds. The average Bonchev–Trinajstić information content (AvgIpc) is 2.54. The topological polar surface area (TPSA) is 29.5 Å². The Labute approximate surface area is 131 Å². The van der Waals surface area contributed by atoms with Gasteiger partial charge in [0, 0.05) is 17.3 Å². The summed E-state index contributed by atoms with van der Waals surface area (Å²) in [5.41, 5.74) is 4.20. The molecule has 1 aliphatic rings. The van der Waals surface area contributed by atoms with Crippen LogP contribution in [0.5, 0.6) is 5.75 Å². The third-order valence-electron chi connectivity index (χ3n) is 4.30. The highest BCUT2D eigenvalue weighted by Crippen LogP contribution is 2.33. The maximum absolute atomic E-state index is 13.0. The number of rotatable bonds is 2. The van der Waals surface area contributed by atoms with Crippen LogP contribution < -0.4 is 9.64 Å². The number of fused-ring (bicyclic) bond motifs is 1. The zero-order chi connectivity index (χ0) is 15.7. The van der Waals surface area contributed by atoms with Crippen LogP contribution in [0, 0.1) is 6.92 Å². The normalized spacial score (nSPS) is 17.0. The molecule has 22 heavy (non-hydrogen) atoms. The summed E-state index contributed by atoms with van der Waals surface area (Å²) in [6.07, 6.45) is 2.02. The van der Waals surface area contributed by atoms with Crippen LogP contribution >= 0.6 is 0 Å². The standard InChI is InChI=1S/C19H21NO2/c1-13-7-10-18-15(11-13)9-8-14(2)20(18)19(21)16-5-4-6-17(12-16)22-3/h4-7,10-12,14H,8-9H2,1-3H3. The van der Waals surface area contributed by atoms with Crippen LogP contribution in [0.2, 0.25) is 0 Å². The summed E-state index contributed by atoms with van der Waals surface area (Å²) in [5, 5.41) is 0. The van der Waals surface area contributed by atoms with E-state index in [1.54, 1.807) is 13.2 Å². The van der Waals surface area contributed by atoms with Crippen molar-refractivity contribution in [2.45, 2.75) is 32.7 Å². The van der Waals surface area contributed by atoms with E-state index in [9.17, 15) is 4.79 Å². The number of carbonyl (C=O) groups excluding carboxylic acids is 1. The third-order valence-corrected chi connectivity index (χ3v) is 4.30. The van der Waals surface area contributed by atoms with E-state index in [0.717, 1.165) is 18.5 Å². The van der Waals surface area contributed by atoms with Gasteiger partial charge in [-0.1, -0.05) is 23.8 Å². The number of hydrogen-bond acceptors (Lipinski definition) is 2. The van der Waals surface area contributed by atoms with Gasteiger partial charge in [0.05, 0.1) is 7.11 Å². The van der Waals surface area contributed by atoms with Crippen molar-refractivity contribution >= 4 is 11.6 Å². The van der Waals surface area contributed by atoms with Gasteiger partial charge in [0.1, 0.15) is 5.75 Å². The molecule has 0 aromatic heterocycles. The molecule has 2 aromatic carbocycles. The van der Waals surface area contributed by atoms with E-state index in [-0.39, 0.29) is 11.9 Å². The van der Waals surface area contributed by atoms with Crippen LogP contribution in [0.4, 0.5) is 5.69 Å². The van der Waals surface area contributed by atoms with Crippen molar-refractivity contribution in [3.8, 4) is 5.75 Å². The summed E-state index contributed by atoms with van der Waals surface area (Å²) in [5.74, 6) is 0.746. The third kappa shape index (κ3) is 2.59. The van der Waals surface area contributed by atoms with Crippen molar-refractivity contribution in [3.63, 3.8) is 0 Å². The average molecular weight is 295 g/mol. The van der Waals surface area contributed by atoms with Gasteiger partial charge >= 0.3 is 0 Å². The minimum atomic E-state index is 0.0382. The van der Waals surface area contributed by atoms with Gasteiger partial charge in [-0.15, -0.1) is 0 Å². The first-order valence-electron chi connectivity index (χ1n) is 7.67. The summed E-state index contributed by atoms with van der Waals surface area (Å²) in [4.78, 5) is 14.9. The quantitative estimate of drug-likeness (QED) is 0.838. The fourth-order valence-corrected chi connectivity index (χ4v) is 3.09. The summed E-state index contributed by atoms with van der Waals surface area (Å²) in [7, 11) is 1.62. The Balaban J connectivity index is 2.01. The van der Waals surface area contributed by atoms with Gasteiger partial charge < -0.3 is 9.64 Å². The minimum Gasteiger partial charge on any atom is -0.497 e. The van der Waals surface area contributed by atoms with E-state index in [1.807, 2.05) is 23.1 Å². The molecule has 1 heterocycles. The van der Waals surface area contributed by atoms with E-state index in [2.05, 4.69) is 32.0 Å². The van der Waals surface area contributed by atoms with Crippen molar-refractivity contribution in [1.82, 2.24) is 0 Å². The molecule has 0 bridgehead atoms. The monoisotopic (exact) mass is 295 g/mol. The van der Waals surface area contributed by atoms with Gasteiger partial charge in [-0.2, -0.15) is 0 Å². The molecule has 1 aliphatic heterocycles. The number of nitrogens with zero attached hydrogens (tertiary/aromatic N) is 1. The molecule has 0 N–H and O–H groups in total. The van der Waals surface area contributed by atoms with E-state index in [1.165, 1.54) is 11.1 Å². The van der Waals surface area contributed by atoms with Crippen LogP contribution in [-0.2, 0) is 6.42 Å². The van der Waals surface area contributed by atoms with Crippen LogP contribution in [0.1, 0.15) is 34.8 Å². The maximum atomic E-state index is 13.0. The number of carbonyl (C=O) groups is 1. The first-order chi connectivity index (χ1) is 10.6. The zero-order valence-electron chi connectivity index (χ0n) is 13.3. The second-order valence-corrected chi connectivity index (χ2v) is 5.93. The molecule has 0 aliphatic carbocycles. The number of ether oxygens (including phenoxy) is 1. The van der Waals surface area contributed by atoms with Crippen molar-refractivity contribution in [2.24, 2.45) is 0 Å². The van der Waals surface area contributed by atoms with Crippen LogP contribution in [0.15, 0.2) is 42.5 Å².